The molecular formula is C35H45FN6O9S. The summed E-state index contributed by atoms with van der Waals surface area (Å²) in [5.41, 5.74) is -2.00. The van der Waals surface area contributed by atoms with Crippen LogP contribution in [0.3, 0.4) is 0 Å². The number of sulfonamides is 1. The van der Waals surface area contributed by atoms with E-state index in [-0.39, 0.29) is 56.1 Å². The second-order valence-electron chi connectivity index (χ2n) is 14.7. The summed E-state index contributed by atoms with van der Waals surface area (Å²) in [6.45, 7) is 4.45. The molecule has 17 heteroatoms. The van der Waals surface area contributed by atoms with Crippen molar-refractivity contribution in [2.24, 2.45) is 17.8 Å². The van der Waals surface area contributed by atoms with Crippen molar-refractivity contribution >= 4 is 44.6 Å². The van der Waals surface area contributed by atoms with Crippen molar-refractivity contribution in [2.45, 2.75) is 101 Å². The molecule has 1 aromatic heterocycles. The lowest BCUT2D eigenvalue weighted by Crippen LogP contribution is -2.59. The van der Waals surface area contributed by atoms with Crippen molar-refractivity contribution in [1.82, 2.24) is 30.0 Å². The van der Waals surface area contributed by atoms with Crippen LogP contribution in [0.5, 0.6) is 5.88 Å². The monoisotopic (exact) mass is 744 g/mol. The number of amides is 4. The van der Waals surface area contributed by atoms with Gasteiger partial charge in [0.2, 0.25) is 27.7 Å². The lowest BCUT2D eigenvalue weighted by atomic mass is 9.88. The predicted octanol–water partition coefficient (Wildman–Crippen LogP) is 2.24. The first-order valence-corrected chi connectivity index (χ1v) is 19.2. The highest BCUT2D eigenvalue weighted by Crippen LogP contribution is 2.48. The number of alkyl halides is 1. The first-order valence-electron chi connectivity index (χ1n) is 17.7. The maximum atomic E-state index is 14.4. The second kappa shape index (κ2) is 14.1. The van der Waals surface area contributed by atoms with Crippen molar-refractivity contribution in [3.63, 3.8) is 0 Å². The fourth-order valence-corrected chi connectivity index (χ4v) is 8.97. The van der Waals surface area contributed by atoms with Crippen LogP contribution in [0, 0.1) is 17.8 Å². The van der Waals surface area contributed by atoms with Gasteiger partial charge < -0.3 is 25.4 Å². The minimum Gasteiger partial charge on any atom is -0.471 e. The lowest BCUT2D eigenvalue weighted by Gasteiger charge is -2.32. The van der Waals surface area contributed by atoms with E-state index in [2.05, 4.69) is 15.7 Å². The van der Waals surface area contributed by atoms with E-state index < -0.39 is 80.8 Å². The van der Waals surface area contributed by atoms with Crippen molar-refractivity contribution in [2.75, 3.05) is 13.2 Å². The number of halogens is 1. The van der Waals surface area contributed by atoms with Crippen LogP contribution in [0.2, 0.25) is 0 Å². The van der Waals surface area contributed by atoms with Crippen LogP contribution in [0.1, 0.15) is 65.7 Å². The first-order chi connectivity index (χ1) is 24.6. The zero-order valence-corrected chi connectivity index (χ0v) is 30.2. The third-order valence-electron chi connectivity index (χ3n) is 11.0. The molecule has 3 heterocycles. The van der Waals surface area contributed by atoms with Crippen molar-refractivity contribution in [3.8, 4) is 5.88 Å². The molecule has 0 radical (unpaired) electrons. The topological polar surface area (TPSA) is 206 Å². The minimum atomic E-state index is -4.40. The average Bonchev–Trinajstić information content (AvgIpc) is 4.01. The van der Waals surface area contributed by atoms with Crippen molar-refractivity contribution < 1.29 is 41.8 Å². The van der Waals surface area contributed by atoms with Gasteiger partial charge in [-0.05, 0) is 69.4 Å². The van der Waals surface area contributed by atoms with Gasteiger partial charge in [-0.2, -0.15) is 0 Å². The summed E-state index contributed by atoms with van der Waals surface area (Å²) in [5.74, 6) is -3.28. The zero-order valence-electron chi connectivity index (χ0n) is 29.3. The Balaban J connectivity index is 1.36. The number of rotatable bonds is 8. The summed E-state index contributed by atoms with van der Waals surface area (Å²) in [4.78, 5) is 68.6. The predicted molar refractivity (Wildman–Crippen MR) is 186 cm³/mol. The number of allylic oxidation sites excluding steroid dienone is 1. The number of carbonyl (C=O) groups is 4. The summed E-state index contributed by atoms with van der Waals surface area (Å²) in [6.07, 6.45) is 3.25. The van der Waals surface area contributed by atoms with Crippen LogP contribution in [-0.4, -0.2) is 93.7 Å². The molecule has 4 aliphatic rings. The number of hydrogen-bond acceptors (Lipinski definition) is 9. The zero-order chi connectivity index (χ0) is 37.6. The Morgan fingerprint density at radius 1 is 1.13 bits per heavy atom. The third-order valence-corrected chi connectivity index (χ3v) is 13.1. The van der Waals surface area contributed by atoms with Gasteiger partial charge >= 0.3 is 6.09 Å². The molecule has 0 bridgehead atoms. The Bertz CT molecular complexity index is 1970. The number of carbonyl (C=O) groups excluding carboxylic acids is 3. The summed E-state index contributed by atoms with van der Waals surface area (Å²) in [5, 5.41) is 20.0. The SMILES string of the molecule is CCn1nc(O[C@@H]2C[C@H]3C(=O)N[C@]4(C(=O)NS(=O)(=O)C5(CF)CC5)C[C@H]4/C=C\CC[C@H](C)C[C@@H](C)[C@H](NC(=O)O)C(=O)N3C2)c2ccccc2c1=O. The van der Waals surface area contributed by atoms with E-state index in [0.717, 1.165) is 0 Å². The molecule has 52 heavy (non-hydrogen) atoms. The molecular weight excluding hydrogens is 699 g/mol. The molecule has 2 saturated carbocycles. The molecule has 0 spiro atoms. The number of hydrogen-bond donors (Lipinski definition) is 4. The van der Waals surface area contributed by atoms with E-state index in [1.54, 1.807) is 44.2 Å². The van der Waals surface area contributed by atoms with Gasteiger partial charge in [-0.15, -0.1) is 5.10 Å². The van der Waals surface area contributed by atoms with E-state index in [1.165, 1.54) is 9.58 Å². The van der Waals surface area contributed by atoms with Gasteiger partial charge in [0.05, 0.1) is 17.3 Å². The van der Waals surface area contributed by atoms with Crippen molar-refractivity contribution in [3.05, 3.63) is 46.8 Å². The normalized spacial score (nSPS) is 30.9. The number of carboxylic acid groups (broad SMARTS) is 1. The number of aromatic nitrogens is 2. The molecule has 2 aliphatic heterocycles. The van der Waals surface area contributed by atoms with E-state index in [0.29, 0.717) is 30.0 Å². The molecule has 0 unspecified atom stereocenters. The van der Waals surface area contributed by atoms with E-state index in [4.69, 9.17) is 4.74 Å². The van der Waals surface area contributed by atoms with Crippen molar-refractivity contribution in [1.29, 1.82) is 0 Å². The van der Waals surface area contributed by atoms with Crippen LogP contribution in [0.4, 0.5) is 9.18 Å². The number of fused-ring (bicyclic) bond motifs is 3. The van der Waals surface area contributed by atoms with E-state index in [1.807, 2.05) is 17.7 Å². The number of aryl methyl sites for hydroxylation is 1. The number of benzene rings is 1. The molecule has 4 N–H and O–H groups in total. The highest BCUT2D eigenvalue weighted by molar-refractivity contribution is 7.91. The molecule has 2 aliphatic carbocycles. The van der Waals surface area contributed by atoms with Gasteiger partial charge in [-0.1, -0.05) is 38.1 Å². The second-order valence-corrected chi connectivity index (χ2v) is 16.8. The standard InChI is InChI=1S/C35H45FN6O9S/c1-4-42-30(44)25-12-8-7-11-24(25)29(39-42)51-23-16-26-28(43)38-35(32(46)40-52(49,50)34(19-36)13-14-34)17-22(35)10-6-5-9-20(2)15-21(3)27(37-33(47)48)31(45)41(26)18-23/h6-8,10-12,20-23,26-27,37H,4-5,9,13-19H2,1-3H3,(H,38,43)(H,40,46)(H,47,48)/b10-6-/t20-,21+,22+,23+,26-,27-,35+/m0/s1. The Hall–Kier alpha value is -4.54. The summed E-state index contributed by atoms with van der Waals surface area (Å²) < 4.78 is 47.9. The maximum absolute atomic E-state index is 14.4. The molecule has 1 saturated heterocycles. The van der Waals surface area contributed by atoms with Gasteiger partial charge in [-0.25, -0.2) is 22.3 Å². The van der Waals surface area contributed by atoms with Gasteiger partial charge in [0.15, 0.2) is 0 Å². The smallest absolute Gasteiger partial charge is 0.405 e. The molecule has 282 valence electrons. The van der Waals surface area contributed by atoms with E-state index in [9.17, 15) is 41.9 Å². The number of ether oxygens (including phenoxy) is 1. The fourth-order valence-electron chi connectivity index (χ4n) is 7.55. The Labute approximate surface area is 300 Å². The molecule has 1 aromatic carbocycles. The van der Waals surface area contributed by atoms with Crippen LogP contribution >= 0.6 is 0 Å². The van der Waals surface area contributed by atoms with Crippen LogP contribution < -0.4 is 25.7 Å². The fraction of sp³-hybridized carbons (Fsp3) is 0.600. The quantitative estimate of drug-likeness (QED) is 0.290. The van der Waals surface area contributed by atoms with Gasteiger partial charge in [0.1, 0.15) is 35.1 Å². The maximum Gasteiger partial charge on any atom is 0.405 e. The highest BCUT2D eigenvalue weighted by Gasteiger charge is 2.64. The molecule has 2 aromatic rings. The molecule has 4 amide bonds. The Morgan fingerprint density at radius 3 is 2.50 bits per heavy atom. The van der Waals surface area contributed by atoms with Gasteiger partial charge in [0, 0.05) is 18.9 Å². The van der Waals surface area contributed by atoms with Gasteiger partial charge in [-0.3, -0.25) is 23.9 Å². The number of nitrogens with one attached hydrogen (secondary N) is 3. The Kier molecular flexibility index (Phi) is 10.1. The van der Waals surface area contributed by atoms with Crippen LogP contribution in [0.25, 0.3) is 10.8 Å². The van der Waals surface area contributed by atoms with Crippen LogP contribution in [0.15, 0.2) is 41.2 Å². The third kappa shape index (κ3) is 6.98. The largest absolute Gasteiger partial charge is 0.471 e. The van der Waals surface area contributed by atoms with Gasteiger partial charge in [0.25, 0.3) is 11.5 Å². The first kappa shape index (κ1) is 37.2. The highest BCUT2D eigenvalue weighted by atomic mass is 32.2. The molecule has 7 atom stereocenters. The number of nitrogens with zero attached hydrogens (tertiary/aromatic N) is 3. The lowest BCUT2D eigenvalue weighted by molar-refractivity contribution is -0.142. The molecule has 6 rings (SSSR count). The molecule has 15 nitrogen and oxygen atoms in total. The Morgan fingerprint density at radius 2 is 1.85 bits per heavy atom. The average molecular weight is 745 g/mol. The summed E-state index contributed by atoms with van der Waals surface area (Å²) in [6, 6.07) is 4.26. The molecule has 3 fully saturated rings. The summed E-state index contributed by atoms with van der Waals surface area (Å²) in [7, 11) is -4.40. The van der Waals surface area contributed by atoms with Crippen LogP contribution in [-0.2, 0) is 31.0 Å². The minimum absolute atomic E-state index is 0.0669. The van der Waals surface area contributed by atoms with E-state index >= 15 is 0 Å². The summed E-state index contributed by atoms with van der Waals surface area (Å²) >= 11 is 0.